The number of carboxylic acid groups (broad SMARTS) is 4. The molecular weight excluding hydrogens is 240 g/mol. The largest absolute Gasteiger partial charge is 0.550 e. The van der Waals surface area contributed by atoms with E-state index in [0.29, 0.717) is 0 Å². The summed E-state index contributed by atoms with van der Waals surface area (Å²) in [5.41, 5.74) is 0. The van der Waals surface area contributed by atoms with E-state index in [9.17, 15) is 24.3 Å². The van der Waals surface area contributed by atoms with Crippen LogP contribution in [0.25, 0.3) is 0 Å². The number of hydrogen-bond donors (Lipinski definition) is 3. The number of carbonyl (C=O) groups is 4. The molecule has 4 unspecified atom stereocenters. The second kappa shape index (κ2) is 4.37. The highest BCUT2D eigenvalue weighted by molar-refractivity contribution is 5.91. The first kappa shape index (κ1) is 12.9. The summed E-state index contributed by atoms with van der Waals surface area (Å²) in [5.74, 6) is -11.3. The highest BCUT2D eigenvalue weighted by Crippen LogP contribution is 2.33. The van der Waals surface area contributed by atoms with Gasteiger partial charge in [-0.25, -0.2) is 9.59 Å². The van der Waals surface area contributed by atoms with Crippen LogP contribution in [0.4, 0.5) is 0 Å². The minimum atomic E-state index is -2.05. The number of ether oxygens (including phenoxy) is 1. The van der Waals surface area contributed by atoms with E-state index >= 15 is 0 Å². The van der Waals surface area contributed by atoms with Crippen molar-refractivity contribution in [3.05, 3.63) is 0 Å². The molecule has 0 aliphatic carbocycles. The maximum atomic E-state index is 10.8. The van der Waals surface area contributed by atoms with Gasteiger partial charge in [0.05, 0.1) is 5.92 Å². The van der Waals surface area contributed by atoms with Crippen molar-refractivity contribution >= 4 is 23.9 Å². The van der Waals surface area contributed by atoms with Gasteiger partial charge in [-0.1, -0.05) is 0 Å². The molecule has 9 nitrogen and oxygen atoms in total. The van der Waals surface area contributed by atoms with Crippen molar-refractivity contribution in [2.75, 3.05) is 0 Å². The van der Waals surface area contributed by atoms with Crippen LogP contribution in [-0.4, -0.2) is 51.4 Å². The summed E-state index contributed by atoms with van der Waals surface area (Å²) in [4.78, 5) is 42.8. The first-order chi connectivity index (χ1) is 7.77. The first-order valence-corrected chi connectivity index (χ1v) is 4.32. The topological polar surface area (TPSA) is 161 Å². The van der Waals surface area contributed by atoms with Gasteiger partial charge in [0, 0.05) is 5.97 Å². The highest BCUT2D eigenvalue weighted by atomic mass is 16.6. The lowest BCUT2D eigenvalue weighted by molar-refractivity contribution is -0.313. The second-order valence-electron chi connectivity index (χ2n) is 3.36. The van der Waals surface area contributed by atoms with Gasteiger partial charge in [0.2, 0.25) is 0 Å². The summed E-state index contributed by atoms with van der Waals surface area (Å²) in [6.45, 7) is 0. The van der Waals surface area contributed by atoms with Gasteiger partial charge in [0.1, 0.15) is 5.92 Å². The Morgan fingerprint density at radius 1 is 0.824 bits per heavy atom. The van der Waals surface area contributed by atoms with Gasteiger partial charge in [-0.3, -0.25) is 4.79 Å². The van der Waals surface area contributed by atoms with Crippen molar-refractivity contribution < 1.29 is 44.3 Å². The zero-order valence-electron chi connectivity index (χ0n) is 8.10. The molecule has 1 aliphatic heterocycles. The van der Waals surface area contributed by atoms with Crippen LogP contribution >= 0.6 is 0 Å². The molecule has 1 saturated heterocycles. The lowest BCUT2D eigenvalue weighted by Crippen LogP contribution is -2.45. The second-order valence-corrected chi connectivity index (χ2v) is 3.36. The summed E-state index contributed by atoms with van der Waals surface area (Å²) < 4.78 is 4.43. The van der Waals surface area contributed by atoms with Crippen LogP contribution < -0.4 is 5.11 Å². The summed E-state index contributed by atoms with van der Waals surface area (Å²) in [6, 6.07) is 0. The third-order valence-corrected chi connectivity index (χ3v) is 2.38. The van der Waals surface area contributed by atoms with Crippen molar-refractivity contribution in [1.82, 2.24) is 0 Å². The van der Waals surface area contributed by atoms with Crippen LogP contribution in [-0.2, 0) is 23.9 Å². The van der Waals surface area contributed by atoms with Crippen molar-refractivity contribution in [3.63, 3.8) is 0 Å². The van der Waals surface area contributed by atoms with E-state index < -0.39 is 47.9 Å². The maximum Gasteiger partial charge on any atom is 0.333 e. The van der Waals surface area contributed by atoms with Gasteiger partial charge >= 0.3 is 17.9 Å². The molecule has 3 N–H and O–H groups in total. The standard InChI is InChI=1S/C8H8O9/c9-5(10)1-2(6(11)12)4(8(15)16)17-3(1)7(13)14/h1-4H,(H,9,10)(H,11,12)(H,13,14)(H,15,16)/p-1. The lowest BCUT2D eigenvalue weighted by atomic mass is 9.87. The van der Waals surface area contributed by atoms with Crippen LogP contribution in [0.5, 0.6) is 0 Å². The van der Waals surface area contributed by atoms with E-state index in [1.165, 1.54) is 0 Å². The molecule has 0 amide bonds. The van der Waals surface area contributed by atoms with E-state index in [4.69, 9.17) is 15.3 Å². The summed E-state index contributed by atoms with van der Waals surface area (Å²) >= 11 is 0. The predicted molar refractivity (Wildman–Crippen MR) is 43.6 cm³/mol. The maximum absolute atomic E-state index is 10.8. The molecule has 94 valence electrons. The molecule has 1 heterocycles. The third-order valence-electron chi connectivity index (χ3n) is 2.38. The summed E-state index contributed by atoms with van der Waals surface area (Å²) in [7, 11) is 0. The van der Waals surface area contributed by atoms with Crippen LogP contribution in [0.1, 0.15) is 0 Å². The fourth-order valence-electron chi connectivity index (χ4n) is 1.68. The zero-order valence-corrected chi connectivity index (χ0v) is 8.10. The first-order valence-electron chi connectivity index (χ1n) is 4.32. The molecule has 4 atom stereocenters. The summed E-state index contributed by atoms with van der Waals surface area (Å²) in [5, 5.41) is 36.7. The molecule has 0 bridgehead atoms. The Balaban J connectivity index is 3.17. The fraction of sp³-hybridized carbons (Fsp3) is 0.500. The van der Waals surface area contributed by atoms with Gasteiger partial charge in [-0.2, -0.15) is 0 Å². The minimum Gasteiger partial charge on any atom is -0.550 e. The van der Waals surface area contributed by atoms with Crippen molar-refractivity contribution in [2.45, 2.75) is 12.2 Å². The average molecular weight is 247 g/mol. The van der Waals surface area contributed by atoms with Crippen LogP contribution in [0.3, 0.4) is 0 Å². The Bertz CT molecular complexity index is 350. The average Bonchev–Trinajstić information content (AvgIpc) is 2.56. The molecule has 0 radical (unpaired) electrons. The quantitative estimate of drug-likeness (QED) is 0.469. The van der Waals surface area contributed by atoms with Gasteiger partial charge in [0.25, 0.3) is 0 Å². The smallest absolute Gasteiger partial charge is 0.333 e. The molecule has 0 aromatic heterocycles. The van der Waals surface area contributed by atoms with Gasteiger partial charge in [-0.05, 0) is 0 Å². The Morgan fingerprint density at radius 3 is 1.53 bits per heavy atom. The lowest BCUT2D eigenvalue weighted by Gasteiger charge is -2.18. The number of carboxylic acids is 4. The van der Waals surface area contributed by atoms with Crippen LogP contribution in [0.2, 0.25) is 0 Å². The molecule has 1 aliphatic rings. The van der Waals surface area contributed by atoms with Gasteiger partial charge in [-0.15, -0.1) is 0 Å². The number of hydrogen-bond acceptors (Lipinski definition) is 6. The van der Waals surface area contributed by atoms with Gasteiger partial charge in [0.15, 0.2) is 12.2 Å². The summed E-state index contributed by atoms with van der Waals surface area (Å²) in [6.07, 6.45) is -4.08. The molecule has 1 fully saturated rings. The third kappa shape index (κ3) is 2.18. The molecule has 17 heavy (non-hydrogen) atoms. The van der Waals surface area contributed by atoms with Crippen molar-refractivity contribution in [3.8, 4) is 0 Å². The fourth-order valence-corrected chi connectivity index (χ4v) is 1.68. The minimum absolute atomic E-state index is 1.74. The zero-order chi connectivity index (χ0) is 13.3. The Labute approximate surface area is 93.2 Å². The highest BCUT2D eigenvalue weighted by Gasteiger charge is 2.55. The molecule has 9 heteroatoms. The van der Waals surface area contributed by atoms with Gasteiger partial charge < -0.3 is 30.0 Å². The predicted octanol–water partition coefficient (Wildman–Crippen LogP) is -3.01. The van der Waals surface area contributed by atoms with Crippen molar-refractivity contribution in [2.24, 2.45) is 11.8 Å². The molecule has 0 spiro atoms. The van der Waals surface area contributed by atoms with E-state index in [0.717, 1.165) is 0 Å². The Kier molecular flexibility index (Phi) is 3.32. The van der Waals surface area contributed by atoms with E-state index in [1.807, 2.05) is 0 Å². The number of aliphatic carboxylic acids is 4. The monoisotopic (exact) mass is 247 g/mol. The molecule has 0 aromatic carbocycles. The molecule has 1 rings (SSSR count). The normalized spacial score (nSPS) is 32.0. The van der Waals surface area contributed by atoms with Crippen LogP contribution in [0, 0.1) is 11.8 Å². The number of carbonyl (C=O) groups excluding carboxylic acids is 1. The molecular formula is C8H7O9-. The molecule has 0 saturated carbocycles. The number of rotatable bonds is 4. The van der Waals surface area contributed by atoms with E-state index in [1.54, 1.807) is 0 Å². The molecule has 0 aromatic rings. The van der Waals surface area contributed by atoms with E-state index in [-0.39, 0.29) is 0 Å². The van der Waals surface area contributed by atoms with Crippen LogP contribution in [0.15, 0.2) is 0 Å². The van der Waals surface area contributed by atoms with E-state index in [2.05, 4.69) is 4.74 Å². The Hall–Kier alpha value is -2.16. The SMILES string of the molecule is O=C(O)C1OC(C(=O)O)C(C(=O)O)C1C(=O)[O-]. The van der Waals surface area contributed by atoms with Crippen molar-refractivity contribution in [1.29, 1.82) is 0 Å². The Morgan fingerprint density at radius 2 is 1.24 bits per heavy atom.